The molecule has 1 aromatic heterocycles. The molecule has 0 radical (unpaired) electrons. The number of carbonyl (C=O) groups is 1. The maximum absolute atomic E-state index is 13.4. The zero-order valence-corrected chi connectivity index (χ0v) is 17.8. The fourth-order valence-electron chi connectivity index (χ4n) is 2.97. The Hall–Kier alpha value is -3.28. The first-order valence-electron chi connectivity index (χ1n) is 9.56. The second kappa shape index (κ2) is 7.99. The van der Waals surface area contributed by atoms with Crippen molar-refractivity contribution in [1.82, 2.24) is 25.1 Å². The van der Waals surface area contributed by atoms with E-state index in [-0.39, 0.29) is 11.2 Å². The highest BCUT2D eigenvalue weighted by Crippen LogP contribution is 2.25. The van der Waals surface area contributed by atoms with Crippen molar-refractivity contribution < 1.29 is 4.79 Å². The summed E-state index contributed by atoms with van der Waals surface area (Å²) < 4.78 is 1.59. The fraction of sp³-hybridized carbons (Fsp3) is 0.304. The molecule has 3 aromatic rings. The van der Waals surface area contributed by atoms with Crippen molar-refractivity contribution in [1.29, 1.82) is 0 Å². The van der Waals surface area contributed by atoms with Gasteiger partial charge in [-0.3, -0.25) is 4.79 Å². The van der Waals surface area contributed by atoms with E-state index in [1.165, 1.54) is 5.56 Å². The van der Waals surface area contributed by atoms with Crippen LogP contribution in [0.2, 0.25) is 0 Å². The molecule has 3 rings (SSSR count). The van der Waals surface area contributed by atoms with Crippen molar-refractivity contribution in [3.8, 4) is 5.69 Å². The molecule has 0 saturated heterocycles. The lowest BCUT2D eigenvalue weighted by Crippen LogP contribution is -2.14. The normalized spacial score (nSPS) is 12.1. The van der Waals surface area contributed by atoms with Gasteiger partial charge in [0.25, 0.3) is 0 Å². The summed E-state index contributed by atoms with van der Waals surface area (Å²) in [6.45, 7) is 8.47. The fourth-order valence-corrected chi connectivity index (χ4v) is 2.97. The third-order valence-corrected chi connectivity index (χ3v) is 4.63. The van der Waals surface area contributed by atoms with Gasteiger partial charge in [0.1, 0.15) is 0 Å². The van der Waals surface area contributed by atoms with Gasteiger partial charge >= 0.3 is 0 Å². The molecule has 0 bridgehead atoms. The van der Waals surface area contributed by atoms with Gasteiger partial charge in [-0.25, -0.2) is 0 Å². The molecule has 1 heterocycles. The van der Waals surface area contributed by atoms with Crippen molar-refractivity contribution >= 4 is 11.4 Å². The maximum atomic E-state index is 13.4. The van der Waals surface area contributed by atoms with Gasteiger partial charge in [-0.1, -0.05) is 62.7 Å². The second-order valence-corrected chi connectivity index (χ2v) is 8.41. The Bertz CT molecular complexity index is 1020. The lowest BCUT2D eigenvalue weighted by molar-refractivity contribution is 0.105. The number of aryl methyl sites for hydroxylation is 1. The number of Topliss-reactive ketones (excluding diaryl/α,β-unsaturated/α-hetero) is 1. The number of rotatable bonds is 5. The quantitative estimate of drug-likeness (QED) is 0.486. The standard InChI is InChI=1S/C23H27N5O/c1-16-7-13-19(14-8-16)28-22(24-25-26-28)20(15-27(5)6)21(29)17-9-11-18(12-10-17)23(2,3)4/h7-15H,1-6H3. The highest BCUT2D eigenvalue weighted by molar-refractivity contribution is 6.28. The molecule has 0 saturated carbocycles. The van der Waals surface area contributed by atoms with Gasteiger partial charge in [-0.15, -0.1) is 5.10 Å². The Labute approximate surface area is 171 Å². The number of allylic oxidation sites excluding steroid dienone is 1. The minimum Gasteiger partial charge on any atom is -0.383 e. The highest BCUT2D eigenvalue weighted by Gasteiger charge is 2.23. The number of hydrogen-bond donors (Lipinski definition) is 0. The van der Waals surface area contributed by atoms with Crippen LogP contribution in [0.15, 0.2) is 54.7 Å². The Kier molecular flexibility index (Phi) is 5.64. The average molecular weight is 390 g/mol. The van der Waals surface area contributed by atoms with Crippen LogP contribution in [0.1, 0.15) is 48.1 Å². The smallest absolute Gasteiger partial charge is 0.198 e. The summed E-state index contributed by atoms with van der Waals surface area (Å²) in [6, 6.07) is 15.6. The number of hydrogen-bond acceptors (Lipinski definition) is 5. The van der Waals surface area contributed by atoms with E-state index in [9.17, 15) is 4.79 Å². The minimum atomic E-state index is -0.123. The van der Waals surface area contributed by atoms with Crippen molar-refractivity contribution in [2.24, 2.45) is 0 Å². The molecule has 0 amide bonds. The summed E-state index contributed by atoms with van der Waals surface area (Å²) in [6.07, 6.45) is 1.76. The van der Waals surface area contributed by atoms with E-state index in [1.54, 1.807) is 10.9 Å². The summed E-state index contributed by atoms with van der Waals surface area (Å²) in [5.41, 5.74) is 4.18. The first kappa shape index (κ1) is 20.5. The molecule has 0 aliphatic carbocycles. The highest BCUT2D eigenvalue weighted by atomic mass is 16.1. The van der Waals surface area contributed by atoms with Gasteiger partial charge in [0.2, 0.25) is 0 Å². The van der Waals surface area contributed by atoms with E-state index in [1.807, 2.05) is 74.4 Å². The number of aromatic nitrogens is 4. The molecular weight excluding hydrogens is 362 g/mol. The zero-order chi connectivity index (χ0) is 21.2. The number of carbonyl (C=O) groups excluding carboxylic acids is 1. The third kappa shape index (κ3) is 4.59. The molecular formula is C23H27N5O. The van der Waals surface area contributed by atoms with Crippen molar-refractivity contribution in [3.63, 3.8) is 0 Å². The SMILES string of the molecule is Cc1ccc(-n2nnnc2C(=CN(C)C)C(=O)c2ccc(C(C)(C)C)cc2)cc1. The lowest BCUT2D eigenvalue weighted by Gasteiger charge is -2.19. The first-order valence-corrected chi connectivity index (χ1v) is 9.56. The molecule has 0 fully saturated rings. The summed E-state index contributed by atoms with van der Waals surface area (Å²) >= 11 is 0. The van der Waals surface area contributed by atoms with Gasteiger partial charge in [0.05, 0.1) is 11.3 Å². The molecule has 0 unspecified atom stereocenters. The van der Waals surface area contributed by atoms with Crippen LogP contribution in [-0.2, 0) is 5.41 Å². The predicted octanol–water partition coefficient (Wildman–Crippen LogP) is 4.05. The zero-order valence-electron chi connectivity index (χ0n) is 17.8. The van der Waals surface area contributed by atoms with Crippen LogP contribution in [-0.4, -0.2) is 45.0 Å². The largest absolute Gasteiger partial charge is 0.383 e. The van der Waals surface area contributed by atoms with Crippen LogP contribution in [0.5, 0.6) is 0 Å². The number of nitrogens with zero attached hydrogens (tertiary/aromatic N) is 5. The maximum Gasteiger partial charge on any atom is 0.198 e. The molecule has 0 N–H and O–H groups in total. The molecule has 29 heavy (non-hydrogen) atoms. The Morgan fingerprint density at radius 2 is 1.62 bits per heavy atom. The van der Waals surface area contributed by atoms with E-state index in [0.29, 0.717) is 17.0 Å². The number of benzene rings is 2. The van der Waals surface area contributed by atoms with Crippen LogP contribution in [0.25, 0.3) is 11.3 Å². The van der Waals surface area contributed by atoms with E-state index >= 15 is 0 Å². The molecule has 0 aliphatic rings. The van der Waals surface area contributed by atoms with Gasteiger partial charge in [0, 0.05) is 25.9 Å². The predicted molar refractivity (Wildman–Crippen MR) is 115 cm³/mol. The molecule has 0 aliphatic heterocycles. The first-order chi connectivity index (χ1) is 13.7. The van der Waals surface area contributed by atoms with Crippen LogP contribution in [0.4, 0.5) is 0 Å². The lowest BCUT2D eigenvalue weighted by atomic mass is 9.86. The molecule has 150 valence electrons. The number of tetrazole rings is 1. The van der Waals surface area contributed by atoms with E-state index < -0.39 is 0 Å². The molecule has 2 aromatic carbocycles. The Morgan fingerprint density at radius 1 is 1.00 bits per heavy atom. The van der Waals surface area contributed by atoms with Gasteiger partial charge in [-0.05, 0) is 40.5 Å². The van der Waals surface area contributed by atoms with Crippen LogP contribution in [0, 0.1) is 6.92 Å². The van der Waals surface area contributed by atoms with Crippen molar-refractivity contribution in [3.05, 3.63) is 77.2 Å². The van der Waals surface area contributed by atoms with Gasteiger partial charge in [0.15, 0.2) is 11.6 Å². The third-order valence-electron chi connectivity index (χ3n) is 4.63. The average Bonchev–Trinajstić information content (AvgIpc) is 3.15. The Balaban J connectivity index is 2.03. The monoisotopic (exact) mass is 389 g/mol. The second-order valence-electron chi connectivity index (χ2n) is 8.41. The van der Waals surface area contributed by atoms with Gasteiger partial charge < -0.3 is 4.90 Å². The Morgan fingerprint density at radius 3 is 2.17 bits per heavy atom. The number of ketones is 1. The summed E-state index contributed by atoms with van der Waals surface area (Å²) in [7, 11) is 3.74. The van der Waals surface area contributed by atoms with Crippen molar-refractivity contribution in [2.75, 3.05) is 14.1 Å². The van der Waals surface area contributed by atoms with E-state index in [4.69, 9.17) is 0 Å². The molecule has 0 atom stereocenters. The molecule has 0 spiro atoms. The topological polar surface area (TPSA) is 63.9 Å². The van der Waals surface area contributed by atoms with Crippen LogP contribution < -0.4 is 0 Å². The molecule has 6 nitrogen and oxygen atoms in total. The van der Waals surface area contributed by atoms with Crippen LogP contribution in [0.3, 0.4) is 0 Å². The summed E-state index contributed by atoms with van der Waals surface area (Å²) in [5.74, 6) is 0.287. The summed E-state index contributed by atoms with van der Waals surface area (Å²) in [5, 5.41) is 12.1. The van der Waals surface area contributed by atoms with E-state index in [0.717, 1.165) is 11.3 Å². The van der Waals surface area contributed by atoms with Gasteiger partial charge in [-0.2, -0.15) is 4.68 Å². The minimum absolute atomic E-state index is 0.0272. The van der Waals surface area contributed by atoms with Crippen LogP contribution >= 0.6 is 0 Å². The van der Waals surface area contributed by atoms with E-state index in [2.05, 4.69) is 36.3 Å². The van der Waals surface area contributed by atoms with Crippen molar-refractivity contribution in [2.45, 2.75) is 33.1 Å². The summed E-state index contributed by atoms with van der Waals surface area (Å²) in [4.78, 5) is 15.2. The molecule has 6 heteroatoms.